The number of carbonyl (C=O) groups excluding carboxylic acids is 2. The van der Waals surface area contributed by atoms with Crippen LogP contribution in [0.15, 0.2) is 24.3 Å². The van der Waals surface area contributed by atoms with Crippen molar-refractivity contribution < 1.29 is 24.0 Å². The lowest BCUT2D eigenvalue weighted by Crippen LogP contribution is -2.51. The molecule has 3 rings (SSSR count). The molecule has 0 saturated heterocycles. The molecule has 0 unspecified atom stereocenters. The minimum Gasteiger partial charge on any atom is -0.310 e. The third-order valence-corrected chi connectivity index (χ3v) is 9.65. The zero-order valence-electron chi connectivity index (χ0n) is 16.5. The lowest BCUT2D eigenvalue weighted by atomic mass is 9.93. The summed E-state index contributed by atoms with van der Waals surface area (Å²) in [6, 6.07) is 4.35. The highest BCUT2D eigenvalue weighted by Crippen LogP contribution is 2.40. The van der Waals surface area contributed by atoms with Gasteiger partial charge in [0.2, 0.25) is 8.32 Å². The van der Waals surface area contributed by atoms with Gasteiger partial charge in [0.1, 0.15) is 0 Å². The van der Waals surface area contributed by atoms with E-state index in [0.717, 1.165) is 24.3 Å². The molecule has 0 spiro atoms. The highest BCUT2D eigenvalue weighted by atomic mass is 28.4. The van der Waals surface area contributed by atoms with Crippen LogP contribution in [0.5, 0.6) is 0 Å². The molecule has 0 atom stereocenters. The van der Waals surface area contributed by atoms with Gasteiger partial charge in [-0.15, -0.1) is 0 Å². The van der Waals surface area contributed by atoms with Crippen LogP contribution in [0.4, 0.5) is 11.4 Å². The Hall–Kier alpha value is -3.18. The first-order valence-electron chi connectivity index (χ1n) is 8.73. The maximum absolute atomic E-state index is 13.1. The standard InChI is InChI=1S/C18H19N3O7Si/c1-18(2,3)29(4,5)28-19-16(22)13-8-11(20(24)25)6-10-7-12(21(26)27)9-14(15(10)13)17(19)23/h6-9H,1-5H3. The van der Waals surface area contributed by atoms with Crippen LogP contribution in [0.25, 0.3) is 10.8 Å². The highest BCUT2D eigenvalue weighted by molar-refractivity contribution is 6.74. The summed E-state index contributed by atoms with van der Waals surface area (Å²) in [6.07, 6.45) is 0. The Labute approximate surface area is 166 Å². The van der Waals surface area contributed by atoms with Crippen molar-refractivity contribution in [3.8, 4) is 0 Å². The van der Waals surface area contributed by atoms with E-state index in [0.29, 0.717) is 5.06 Å². The summed E-state index contributed by atoms with van der Waals surface area (Å²) in [5.41, 5.74) is -1.02. The number of benzene rings is 2. The second kappa shape index (κ2) is 6.42. The lowest BCUT2D eigenvalue weighted by Gasteiger charge is -2.39. The Balaban J connectivity index is 2.28. The van der Waals surface area contributed by atoms with Crippen LogP contribution in [0.1, 0.15) is 41.5 Å². The number of rotatable bonds is 4. The SMILES string of the molecule is CC(C)(C)[Si](C)(C)ON1C(=O)c2cc([N+](=O)[O-])cc3cc([N+](=O)[O-])cc(c23)C1=O. The summed E-state index contributed by atoms with van der Waals surface area (Å²) in [4.78, 5) is 47.3. The summed E-state index contributed by atoms with van der Waals surface area (Å²) in [6.45, 7) is 9.42. The molecule has 1 aliphatic rings. The van der Waals surface area contributed by atoms with Crippen LogP contribution in [-0.2, 0) is 4.53 Å². The summed E-state index contributed by atoms with van der Waals surface area (Å²) in [5.74, 6) is -1.65. The number of imide groups is 1. The lowest BCUT2D eigenvalue weighted by molar-refractivity contribution is -0.385. The molecule has 2 amide bonds. The normalized spacial score (nSPS) is 14.4. The van der Waals surface area contributed by atoms with Gasteiger partial charge in [0.05, 0.1) is 21.0 Å². The fourth-order valence-electron chi connectivity index (χ4n) is 2.79. The monoisotopic (exact) mass is 417 g/mol. The Morgan fingerprint density at radius 1 is 0.897 bits per heavy atom. The van der Waals surface area contributed by atoms with Crippen molar-refractivity contribution in [1.82, 2.24) is 5.06 Å². The maximum Gasteiger partial charge on any atom is 0.285 e. The van der Waals surface area contributed by atoms with Gasteiger partial charge in [0, 0.05) is 29.7 Å². The molecule has 0 N–H and O–H groups in total. The van der Waals surface area contributed by atoms with Gasteiger partial charge in [0.25, 0.3) is 23.2 Å². The summed E-state index contributed by atoms with van der Waals surface area (Å²) in [7, 11) is -2.63. The van der Waals surface area contributed by atoms with Gasteiger partial charge in [-0.1, -0.05) is 20.8 Å². The van der Waals surface area contributed by atoms with Gasteiger partial charge in [-0.25, -0.2) is 0 Å². The zero-order chi connectivity index (χ0) is 21.9. The number of non-ortho nitro benzene ring substituents is 2. The molecule has 0 bridgehead atoms. The number of carbonyl (C=O) groups is 2. The van der Waals surface area contributed by atoms with Crippen molar-refractivity contribution in [2.24, 2.45) is 0 Å². The number of hydrogen-bond acceptors (Lipinski definition) is 7. The number of nitro groups is 2. The first-order chi connectivity index (χ1) is 13.2. The molecule has 0 radical (unpaired) electrons. The van der Waals surface area contributed by atoms with Crippen LogP contribution in [0.2, 0.25) is 18.1 Å². The van der Waals surface area contributed by atoms with Crippen molar-refractivity contribution >= 4 is 42.3 Å². The van der Waals surface area contributed by atoms with Crippen LogP contribution >= 0.6 is 0 Å². The van der Waals surface area contributed by atoms with E-state index in [1.54, 1.807) is 0 Å². The first kappa shape index (κ1) is 20.5. The predicted molar refractivity (Wildman–Crippen MR) is 106 cm³/mol. The Bertz CT molecular complexity index is 1040. The topological polar surface area (TPSA) is 133 Å². The number of nitro benzene ring substituents is 2. The van der Waals surface area contributed by atoms with Crippen molar-refractivity contribution in [2.75, 3.05) is 0 Å². The molecule has 1 aliphatic heterocycles. The molecule has 152 valence electrons. The Morgan fingerprint density at radius 2 is 1.31 bits per heavy atom. The van der Waals surface area contributed by atoms with Crippen LogP contribution in [0.3, 0.4) is 0 Å². The molecule has 0 aromatic heterocycles. The molecule has 2 aromatic rings. The van der Waals surface area contributed by atoms with Crippen molar-refractivity contribution in [2.45, 2.75) is 38.9 Å². The van der Waals surface area contributed by atoms with Gasteiger partial charge in [0.15, 0.2) is 0 Å². The Morgan fingerprint density at radius 3 is 1.66 bits per heavy atom. The van der Waals surface area contributed by atoms with Gasteiger partial charge in [-0.2, -0.15) is 5.06 Å². The number of nitrogens with zero attached hydrogens (tertiary/aromatic N) is 3. The second-order valence-corrected chi connectivity index (χ2v) is 13.1. The Kier molecular flexibility index (Phi) is 4.55. The minimum atomic E-state index is -2.63. The molecule has 0 saturated carbocycles. The molecular formula is C18H19N3O7Si. The van der Waals surface area contributed by atoms with Crippen LogP contribution in [-0.4, -0.2) is 35.0 Å². The fourth-order valence-corrected chi connectivity index (χ4v) is 3.69. The fraction of sp³-hybridized carbons (Fsp3) is 0.333. The summed E-state index contributed by atoms with van der Waals surface area (Å²) >= 11 is 0. The quantitative estimate of drug-likeness (QED) is 0.315. The molecule has 1 heterocycles. The smallest absolute Gasteiger partial charge is 0.285 e. The molecule has 11 heteroatoms. The van der Waals surface area contributed by atoms with E-state index in [1.807, 2.05) is 33.9 Å². The minimum absolute atomic E-state index is 0.0760. The van der Waals surface area contributed by atoms with E-state index in [-0.39, 0.29) is 26.9 Å². The second-order valence-electron chi connectivity index (χ2n) is 8.36. The van der Waals surface area contributed by atoms with Crippen LogP contribution in [0, 0.1) is 20.2 Å². The summed E-state index contributed by atoms with van der Waals surface area (Å²) < 4.78 is 5.89. The van der Waals surface area contributed by atoms with E-state index in [9.17, 15) is 29.8 Å². The number of amides is 2. The molecule has 2 aromatic carbocycles. The molecule has 29 heavy (non-hydrogen) atoms. The van der Waals surface area contributed by atoms with E-state index in [2.05, 4.69) is 0 Å². The highest BCUT2D eigenvalue weighted by Gasteiger charge is 2.45. The third-order valence-electron chi connectivity index (χ3n) is 5.40. The largest absolute Gasteiger partial charge is 0.310 e. The average Bonchev–Trinajstić information content (AvgIpc) is 2.60. The van der Waals surface area contributed by atoms with Crippen molar-refractivity contribution in [1.29, 1.82) is 0 Å². The van der Waals surface area contributed by atoms with Crippen molar-refractivity contribution in [3.63, 3.8) is 0 Å². The van der Waals surface area contributed by atoms with E-state index >= 15 is 0 Å². The predicted octanol–water partition coefficient (Wildman–Crippen LogP) is 4.19. The van der Waals surface area contributed by atoms with Gasteiger partial charge >= 0.3 is 0 Å². The number of hydroxylamine groups is 2. The number of hydrogen-bond donors (Lipinski definition) is 0. The molecule has 0 fully saturated rings. The maximum atomic E-state index is 13.1. The van der Waals surface area contributed by atoms with E-state index in [1.165, 1.54) is 0 Å². The molecular weight excluding hydrogens is 398 g/mol. The van der Waals surface area contributed by atoms with Gasteiger partial charge in [-0.3, -0.25) is 29.8 Å². The molecule has 0 aliphatic carbocycles. The zero-order valence-corrected chi connectivity index (χ0v) is 17.5. The average molecular weight is 417 g/mol. The van der Waals surface area contributed by atoms with Gasteiger partial charge in [-0.05, 0) is 23.5 Å². The van der Waals surface area contributed by atoms with E-state index < -0.39 is 41.4 Å². The van der Waals surface area contributed by atoms with E-state index in [4.69, 9.17) is 4.53 Å². The summed E-state index contributed by atoms with van der Waals surface area (Å²) in [5, 5.41) is 23.1. The van der Waals surface area contributed by atoms with Gasteiger partial charge < -0.3 is 4.53 Å². The third kappa shape index (κ3) is 3.27. The van der Waals surface area contributed by atoms with Crippen molar-refractivity contribution in [3.05, 3.63) is 55.6 Å². The van der Waals surface area contributed by atoms with Crippen LogP contribution < -0.4 is 0 Å². The molecule has 10 nitrogen and oxygen atoms in total. The first-order valence-corrected chi connectivity index (χ1v) is 11.6.